The summed E-state index contributed by atoms with van der Waals surface area (Å²) in [4.78, 5) is 14.9. The van der Waals surface area contributed by atoms with Gasteiger partial charge in [-0.1, -0.05) is 19.3 Å². The number of fused-ring (bicyclic) bond motifs is 1. The molecule has 2 fully saturated rings. The maximum absolute atomic E-state index is 13.0. The van der Waals surface area contributed by atoms with Crippen LogP contribution in [0, 0.1) is 5.92 Å². The van der Waals surface area contributed by atoms with Gasteiger partial charge in [-0.2, -0.15) is 5.10 Å². The third-order valence-electron chi connectivity index (χ3n) is 6.13. The van der Waals surface area contributed by atoms with E-state index in [0.29, 0.717) is 38.3 Å². The highest BCUT2D eigenvalue weighted by Gasteiger charge is 2.39. The zero-order chi connectivity index (χ0) is 17.4. The molecule has 4 rings (SSSR count). The van der Waals surface area contributed by atoms with Crippen molar-refractivity contribution in [1.82, 2.24) is 14.7 Å². The number of anilines is 1. The summed E-state index contributed by atoms with van der Waals surface area (Å²) < 4.78 is 7.41. The molecule has 1 atom stereocenters. The molecule has 6 heteroatoms. The van der Waals surface area contributed by atoms with Crippen LogP contribution in [0.2, 0.25) is 0 Å². The lowest BCUT2D eigenvalue weighted by Gasteiger charge is -2.42. The van der Waals surface area contributed by atoms with Crippen LogP contribution in [0.5, 0.6) is 0 Å². The predicted molar refractivity (Wildman–Crippen MR) is 96.9 cm³/mol. The van der Waals surface area contributed by atoms with Gasteiger partial charge in [0.1, 0.15) is 11.4 Å². The number of carbonyl (C=O) groups excluding carboxylic acids is 1. The smallest absolute Gasteiger partial charge is 0.259 e. The molecular formula is C19H30N4O2. The Labute approximate surface area is 149 Å². The molecular weight excluding hydrogens is 316 g/mol. The highest BCUT2D eigenvalue weighted by molar-refractivity contribution is 5.99. The quantitative estimate of drug-likeness (QED) is 0.894. The van der Waals surface area contributed by atoms with E-state index < -0.39 is 0 Å². The Morgan fingerprint density at radius 2 is 1.96 bits per heavy atom. The summed E-state index contributed by atoms with van der Waals surface area (Å²) in [6, 6.07) is 0.440. The zero-order valence-corrected chi connectivity index (χ0v) is 15.5. The molecule has 2 aliphatic heterocycles. The van der Waals surface area contributed by atoms with E-state index in [1.54, 1.807) is 6.20 Å². The number of amides is 1. The van der Waals surface area contributed by atoms with E-state index in [1.165, 1.54) is 32.1 Å². The van der Waals surface area contributed by atoms with Gasteiger partial charge in [-0.05, 0) is 39.0 Å². The first kappa shape index (κ1) is 16.9. The SMILES string of the molecule is CC1(C)CC(C2CCCCC2)Nc2c(C(=O)N3CCOCC3)cnn21. The van der Waals surface area contributed by atoms with E-state index in [9.17, 15) is 4.79 Å². The molecule has 1 N–H and O–H groups in total. The fourth-order valence-electron chi connectivity index (χ4n) is 4.71. The molecule has 1 saturated carbocycles. The summed E-state index contributed by atoms with van der Waals surface area (Å²) in [5.74, 6) is 1.71. The first-order chi connectivity index (χ1) is 12.1. The standard InChI is InChI=1S/C19H30N4O2/c1-19(2)12-16(14-6-4-3-5-7-14)21-17-15(13-20-23(17)19)18(24)22-8-10-25-11-9-22/h13-14,16,21H,3-12H2,1-2H3. The number of carbonyl (C=O) groups is 1. The Morgan fingerprint density at radius 3 is 2.68 bits per heavy atom. The number of rotatable bonds is 2. The first-order valence-corrected chi connectivity index (χ1v) is 9.78. The van der Waals surface area contributed by atoms with Crippen molar-refractivity contribution < 1.29 is 9.53 Å². The monoisotopic (exact) mass is 346 g/mol. The summed E-state index contributed by atoms with van der Waals surface area (Å²) >= 11 is 0. The number of aromatic nitrogens is 2. The maximum atomic E-state index is 13.0. The molecule has 0 bridgehead atoms. The van der Waals surface area contributed by atoms with Gasteiger partial charge in [-0.15, -0.1) is 0 Å². The second-order valence-corrected chi connectivity index (χ2v) is 8.39. The Hall–Kier alpha value is -1.56. The van der Waals surface area contributed by atoms with Crippen LogP contribution in [0.1, 0.15) is 62.7 Å². The van der Waals surface area contributed by atoms with Gasteiger partial charge in [0.25, 0.3) is 5.91 Å². The normalized spacial score (nSPS) is 26.8. The number of hydrogen-bond acceptors (Lipinski definition) is 4. The molecule has 0 spiro atoms. The maximum Gasteiger partial charge on any atom is 0.259 e. The Balaban J connectivity index is 1.60. The number of morpholine rings is 1. The van der Waals surface area contributed by atoms with Gasteiger partial charge in [-0.25, -0.2) is 4.68 Å². The van der Waals surface area contributed by atoms with Crippen molar-refractivity contribution in [3.63, 3.8) is 0 Å². The molecule has 1 amide bonds. The minimum absolute atomic E-state index is 0.0633. The number of nitrogens with zero attached hydrogens (tertiary/aromatic N) is 3. The lowest BCUT2D eigenvalue weighted by Crippen LogP contribution is -2.46. The topological polar surface area (TPSA) is 59.4 Å². The highest BCUT2D eigenvalue weighted by Crippen LogP contribution is 2.39. The molecule has 25 heavy (non-hydrogen) atoms. The van der Waals surface area contributed by atoms with E-state index in [1.807, 2.05) is 9.58 Å². The average Bonchev–Trinajstić information content (AvgIpc) is 3.07. The van der Waals surface area contributed by atoms with Crippen molar-refractivity contribution >= 4 is 11.7 Å². The van der Waals surface area contributed by atoms with Crippen molar-refractivity contribution in [2.45, 2.75) is 64.0 Å². The molecule has 1 saturated heterocycles. The number of hydrogen-bond donors (Lipinski definition) is 1. The van der Waals surface area contributed by atoms with Gasteiger partial charge in [-0.3, -0.25) is 4.79 Å². The molecule has 3 aliphatic rings. The molecule has 3 heterocycles. The summed E-state index contributed by atoms with van der Waals surface area (Å²) in [5, 5.41) is 8.29. The fourth-order valence-corrected chi connectivity index (χ4v) is 4.71. The Morgan fingerprint density at radius 1 is 1.24 bits per heavy atom. The van der Waals surface area contributed by atoms with E-state index in [-0.39, 0.29) is 11.4 Å². The zero-order valence-electron chi connectivity index (χ0n) is 15.5. The second kappa shape index (κ2) is 6.63. The molecule has 0 radical (unpaired) electrons. The van der Waals surface area contributed by atoms with Crippen LogP contribution in [-0.2, 0) is 10.3 Å². The molecule has 6 nitrogen and oxygen atoms in total. The van der Waals surface area contributed by atoms with Crippen LogP contribution < -0.4 is 5.32 Å². The van der Waals surface area contributed by atoms with Gasteiger partial charge in [0, 0.05) is 19.1 Å². The van der Waals surface area contributed by atoms with Crippen LogP contribution in [0.4, 0.5) is 5.82 Å². The fraction of sp³-hybridized carbons (Fsp3) is 0.789. The number of nitrogens with one attached hydrogen (secondary N) is 1. The van der Waals surface area contributed by atoms with Gasteiger partial charge in [0.05, 0.1) is 24.9 Å². The lowest BCUT2D eigenvalue weighted by atomic mass is 9.78. The average molecular weight is 346 g/mol. The highest BCUT2D eigenvalue weighted by atomic mass is 16.5. The van der Waals surface area contributed by atoms with Crippen molar-refractivity contribution in [1.29, 1.82) is 0 Å². The van der Waals surface area contributed by atoms with E-state index >= 15 is 0 Å². The van der Waals surface area contributed by atoms with Crippen LogP contribution >= 0.6 is 0 Å². The second-order valence-electron chi connectivity index (χ2n) is 8.39. The summed E-state index contributed by atoms with van der Waals surface area (Å²) in [6.07, 6.45) is 9.46. The van der Waals surface area contributed by atoms with E-state index in [0.717, 1.165) is 17.8 Å². The van der Waals surface area contributed by atoms with Crippen LogP contribution in [0.15, 0.2) is 6.20 Å². The van der Waals surface area contributed by atoms with Crippen molar-refractivity contribution in [2.75, 3.05) is 31.6 Å². The molecule has 1 unspecified atom stereocenters. The van der Waals surface area contributed by atoms with Gasteiger partial charge in [0.15, 0.2) is 0 Å². The van der Waals surface area contributed by atoms with Crippen molar-refractivity contribution in [3.05, 3.63) is 11.8 Å². The number of ether oxygens (including phenoxy) is 1. The summed E-state index contributed by atoms with van der Waals surface area (Å²) in [5.41, 5.74) is 0.655. The van der Waals surface area contributed by atoms with E-state index in [2.05, 4.69) is 24.3 Å². The molecule has 1 aromatic heterocycles. The predicted octanol–water partition coefficient (Wildman–Crippen LogP) is 2.86. The Kier molecular flexibility index (Phi) is 4.48. The molecule has 1 aromatic rings. The molecule has 138 valence electrons. The van der Waals surface area contributed by atoms with Gasteiger partial charge >= 0.3 is 0 Å². The van der Waals surface area contributed by atoms with Crippen molar-refractivity contribution in [3.8, 4) is 0 Å². The first-order valence-electron chi connectivity index (χ1n) is 9.78. The van der Waals surface area contributed by atoms with Crippen LogP contribution in [0.25, 0.3) is 0 Å². The molecule has 1 aliphatic carbocycles. The van der Waals surface area contributed by atoms with Crippen LogP contribution in [0.3, 0.4) is 0 Å². The Bertz CT molecular complexity index is 627. The van der Waals surface area contributed by atoms with Gasteiger partial charge in [0.2, 0.25) is 0 Å². The van der Waals surface area contributed by atoms with Crippen LogP contribution in [-0.4, -0.2) is 52.9 Å². The minimum atomic E-state index is -0.0633. The third-order valence-corrected chi connectivity index (χ3v) is 6.13. The van der Waals surface area contributed by atoms with Gasteiger partial charge < -0.3 is 15.0 Å². The lowest BCUT2D eigenvalue weighted by molar-refractivity contribution is 0.0303. The summed E-state index contributed by atoms with van der Waals surface area (Å²) in [6.45, 7) is 7.06. The van der Waals surface area contributed by atoms with E-state index in [4.69, 9.17) is 4.74 Å². The van der Waals surface area contributed by atoms with Crippen molar-refractivity contribution in [2.24, 2.45) is 5.92 Å². The minimum Gasteiger partial charge on any atom is -0.378 e. The summed E-state index contributed by atoms with van der Waals surface area (Å²) in [7, 11) is 0. The largest absolute Gasteiger partial charge is 0.378 e. The molecule has 0 aromatic carbocycles. The third kappa shape index (κ3) is 3.16.